The molecule has 26 heavy (non-hydrogen) atoms. The van der Waals surface area contributed by atoms with Gasteiger partial charge in [-0.1, -0.05) is 23.8 Å². The molecular weight excluding hydrogens is 338 g/mol. The molecule has 0 atom stereocenters. The smallest absolute Gasteiger partial charge is 0.261 e. The van der Waals surface area contributed by atoms with Crippen molar-refractivity contribution in [1.29, 1.82) is 0 Å². The van der Waals surface area contributed by atoms with Gasteiger partial charge in [0, 0.05) is 18.8 Å². The van der Waals surface area contributed by atoms with Crippen molar-refractivity contribution >= 4 is 23.6 Å². The van der Waals surface area contributed by atoms with Gasteiger partial charge in [0.25, 0.3) is 5.91 Å². The van der Waals surface area contributed by atoms with E-state index in [9.17, 15) is 18.4 Å². The van der Waals surface area contributed by atoms with Gasteiger partial charge < -0.3 is 10.2 Å². The Labute approximate surface area is 150 Å². The molecule has 134 valence electrons. The Morgan fingerprint density at radius 3 is 2.38 bits per heavy atom. The van der Waals surface area contributed by atoms with Crippen LogP contribution >= 0.6 is 0 Å². The Kier molecular flexibility index (Phi) is 5.11. The minimum Gasteiger partial charge on any atom is -0.341 e. The van der Waals surface area contributed by atoms with Crippen LogP contribution < -0.4 is 5.32 Å². The summed E-state index contributed by atoms with van der Waals surface area (Å²) in [5.74, 6) is -2.65. The maximum absolute atomic E-state index is 13.7. The highest BCUT2D eigenvalue weighted by atomic mass is 19.1. The molecule has 0 aromatic heterocycles. The fourth-order valence-corrected chi connectivity index (χ4v) is 2.97. The second-order valence-corrected chi connectivity index (χ2v) is 6.21. The van der Waals surface area contributed by atoms with Gasteiger partial charge in [-0.3, -0.25) is 9.59 Å². The summed E-state index contributed by atoms with van der Waals surface area (Å²) in [7, 11) is 0. The van der Waals surface area contributed by atoms with Crippen LogP contribution in [-0.2, 0) is 4.79 Å². The highest BCUT2D eigenvalue weighted by Crippen LogP contribution is 2.27. The topological polar surface area (TPSA) is 49.4 Å². The van der Waals surface area contributed by atoms with Crippen LogP contribution in [-0.4, -0.2) is 30.3 Å². The number of carbonyl (C=O) groups excluding carboxylic acids is 2. The van der Waals surface area contributed by atoms with Crippen LogP contribution in [0, 0.1) is 11.6 Å². The Hall–Kier alpha value is -3.02. The van der Waals surface area contributed by atoms with Crippen molar-refractivity contribution in [2.24, 2.45) is 0 Å². The van der Waals surface area contributed by atoms with E-state index in [2.05, 4.69) is 5.32 Å². The van der Waals surface area contributed by atoms with Gasteiger partial charge in [-0.15, -0.1) is 0 Å². The van der Waals surface area contributed by atoms with Crippen molar-refractivity contribution in [3.63, 3.8) is 0 Å². The first-order valence-corrected chi connectivity index (χ1v) is 8.23. The molecule has 0 spiro atoms. The molecule has 2 aromatic rings. The Balaban J connectivity index is 1.78. The minimum atomic E-state index is -0.906. The molecular formula is C20H18F2N2O2. The van der Waals surface area contributed by atoms with Gasteiger partial charge in [-0.25, -0.2) is 8.78 Å². The summed E-state index contributed by atoms with van der Waals surface area (Å²) in [5, 5.41) is 2.50. The quantitative estimate of drug-likeness (QED) is 0.846. The number of nitrogens with one attached hydrogen (secondary N) is 1. The monoisotopic (exact) mass is 356 g/mol. The third-order valence-corrected chi connectivity index (χ3v) is 4.48. The predicted octanol–water partition coefficient (Wildman–Crippen LogP) is 3.85. The summed E-state index contributed by atoms with van der Waals surface area (Å²) < 4.78 is 27.4. The normalized spacial score (nSPS) is 14.3. The third-order valence-electron chi connectivity index (χ3n) is 4.48. The lowest BCUT2D eigenvalue weighted by atomic mass is 9.95. The lowest BCUT2D eigenvalue weighted by Crippen LogP contribution is -2.29. The molecule has 0 bridgehead atoms. The van der Waals surface area contributed by atoms with Crippen molar-refractivity contribution in [3.05, 3.63) is 70.8 Å². The molecule has 1 heterocycles. The number of hydrogen-bond donors (Lipinski definition) is 1. The number of nitrogens with zero attached hydrogens (tertiary/aromatic N) is 1. The van der Waals surface area contributed by atoms with E-state index in [0.717, 1.165) is 36.1 Å². The van der Waals surface area contributed by atoms with E-state index in [-0.39, 0.29) is 0 Å². The number of hydrogen-bond acceptors (Lipinski definition) is 2. The summed E-state index contributed by atoms with van der Waals surface area (Å²) in [4.78, 5) is 24.8. The zero-order valence-electron chi connectivity index (χ0n) is 14.3. The molecule has 1 aliphatic heterocycles. The molecule has 2 amide bonds. The maximum Gasteiger partial charge on any atom is 0.261 e. The second kappa shape index (κ2) is 7.47. The summed E-state index contributed by atoms with van der Waals surface area (Å²) in [6, 6.07) is 10.3. The zero-order chi connectivity index (χ0) is 18.7. The molecule has 1 N–H and O–H groups in total. The van der Waals surface area contributed by atoms with Crippen molar-refractivity contribution in [1.82, 2.24) is 4.90 Å². The summed E-state index contributed by atoms with van der Waals surface area (Å²) >= 11 is 0. The Bertz CT molecular complexity index is 856. The van der Waals surface area contributed by atoms with Crippen molar-refractivity contribution < 1.29 is 18.4 Å². The first kappa shape index (κ1) is 17.8. The van der Waals surface area contributed by atoms with Gasteiger partial charge in [-0.2, -0.15) is 0 Å². The van der Waals surface area contributed by atoms with Gasteiger partial charge in [0.15, 0.2) is 0 Å². The molecule has 2 aromatic carbocycles. The van der Waals surface area contributed by atoms with E-state index in [4.69, 9.17) is 0 Å². The number of amides is 2. The Morgan fingerprint density at radius 1 is 1.12 bits per heavy atom. The lowest BCUT2D eigenvalue weighted by Gasteiger charge is -2.27. The zero-order valence-corrected chi connectivity index (χ0v) is 14.3. The van der Waals surface area contributed by atoms with E-state index in [1.54, 1.807) is 17.0 Å². The molecule has 3 rings (SSSR count). The van der Waals surface area contributed by atoms with Gasteiger partial charge >= 0.3 is 0 Å². The fourth-order valence-electron chi connectivity index (χ4n) is 2.97. The molecule has 0 unspecified atom stereocenters. The molecule has 0 fully saturated rings. The van der Waals surface area contributed by atoms with E-state index in [1.807, 2.05) is 19.1 Å². The molecule has 0 radical (unpaired) electrons. The van der Waals surface area contributed by atoms with Crippen molar-refractivity contribution in [2.45, 2.75) is 13.3 Å². The largest absolute Gasteiger partial charge is 0.341 e. The number of anilines is 1. The van der Waals surface area contributed by atoms with Crippen LogP contribution in [0.1, 0.15) is 29.3 Å². The fraction of sp³-hybridized carbons (Fsp3) is 0.200. The average molecular weight is 356 g/mol. The van der Waals surface area contributed by atoms with Crippen LogP contribution in [0.15, 0.2) is 48.0 Å². The second-order valence-electron chi connectivity index (χ2n) is 6.21. The van der Waals surface area contributed by atoms with Crippen LogP contribution in [0.3, 0.4) is 0 Å². The SMILES string of the molecule is CC1=C(c2ccc(NC(=O)c3c(F)cccc3F)cc2)CN(C=O)CC1. The highest BCUT2D eigenvalue weighted by Gasteiger charge is 2.18. The summed E-state index contributed by atoms with van der Waals surface area (Å²) in [6.45, 7) is 3.29. The van der Waals surface area contributed by atoms with E-state index in [0.29, 0.717) is 18.8 Å². The third kappa shape index (κ3) is 3.64. The molecule has 0 aliphatic carbocycles. The van der Waals surface area contributed by atoms with Crippen molar-refractivity contribution in [3.8, 4) is 0 Å². The lowest BCUT2D eigenvalue weighted by molar-refractivity contribution is -0.117. The van der Waals surface area contributed by atoms with Gasteiger partial charge in [0.05, 0.1) is 0 Å². The van der Waals surface area contributed by atoms with Crippen molar-refractivity contribution in [2.75, 3.05) is 18.4 Å². The standard InChI is InChI=1S/C20H18F2N2O2/c1-13-9-10-24(12-25)11-16(13)14-5-7-15(8-6-14)23-20(26)19-17(21)3-2-4-18(19)22/h2-8,12H,9-11H2,1H3,(H,23,26). The predicted molar refractivity (Wildman–Crippen MR) is 95.6 cm³/mol. The van der Waals surface area contributed by atoms with Gasteiger partial charge in [0.2, 0.25) is 6.41 Å². The number of benzene rings is 2. The molecule has 0 saturated heterocycles. The first-order valence-electron chi connectivity index (χ1n) is 8.23. The average Bonchev–Trinajstić information content (AvgIpc) is 2.63. The Morgan fingerprint density at radius 2 is 1.77 bits per heavy atom. The van der Waals surface area contributed by atoms with Crippen LogP contribution in [0.2, 0.25) is 0 Å². The number of halogens is 2. The maximum atomic E-state index is 13.7. The first-order chi connectivity index (χ1) is 12.5. The van der Waals surface area contributed by atoms with E-state index >= 15 is 0 Å². The van der Waals surface area contributed by atoms with E-state index < -0.39 is 23.1 Å². The van der Waals surface area contributed by atoms with Crippen LogP contribution in [0.25, 0.3) is 5.57 Å². The molecule has 4 nitrogen and oxygen atoms in total. The van der Waals surface area contributed by atoms with Gasteiger partial charge in [-0.05, 0) is 48.7 Å². The summed E-state index contributed by atoms with van der Waals surface area (Å²) in [5.41, 5.74) is 3.06. The number of carbonyl (C=O) groups is 2. The minimum absolute atomic E-state index is 0.433. The number of rotatable bonds is 4. The van der Waals surface area contributed by atoms with Crippen LogP contribution in [0.4, 0.5) is 14.5 Å². The molecule has 6 heteroatoms. The van der Waals surface area contributed by atoms with E-state index in [1.165, 1.54) is 11.6 Å². The highest BCUT2D eigenvalue weighted by molar-refractivity contribution is 6.04. The molecule has 0 saturated carbocycles. The van der Waals surface area contributed by atoms with Gasteiger partial charge in [0.1, 0.15) is 17.2 Å². The van der Waals surface area contributed by atoms with Crippen LogP contribution in [0.5, 0.6) is 0 Å². The molecule has 1 aliphatic rings. The summed E-state index contributed by atoms with van der Waals surface area (Å²) in [6.07, 6.45) is 1.66.